The fourth-order valence-corrected chi connectivity index (χ4v) is 3.63. The van der Waals surface area contributed by atoms with Crippen molar-refractivity contribution in [2.75, 3.05) is 37.6 Å². The highest BCUT2D eigenvalue weighted by atomic mass is 16.3. The maximum atomic E-state index is 10.1. The Morgan fingerprint density at radius 1 is 1.03 bits per heavy atom. The van der Waals surface area contributed by atoms with Crippen LogP contribution >= 0.6 is 0 Å². The molecule has 0 atom stereocenters. The average molecular weight is 406 g/mol. The minimum absolute atomic E-state index is 0.326. The summed E-state index contributed by atoms with van der Waals surface area (Å²) in [6.07, 6.45) is 1.72. The maximum absolute atomic E-state index is 10.1. The van der Waals surface area contributed by atoms with Crippen molar-refractivity contribution in [3.63, 3.8) is 0 Å². The number of aromatic nitrogens is 3. The van der Waals surface area contributed by atoms with E-state index >= 15 is 0 Å². The molecule has 156 valence electrons. The quantitative estimate of drug-likeness (QED) is 0.501. The van der Waals surface area contributed by atoms with Gasteiger partial charge in [-0.05, 0) is 31.2 Å². The van der Waals surface area contributed by atoms with Gasteiger partial charge < -0.3 is 20.2 Å². The fraction of sp³-hybridized carbons (Fsp3) is 0.318. The van der Waals surface area contributed by atoms with E-state index in [0.717, 1.165) is 55.9 Å². The molecule has 0 saturated carbocycles. The molecule has 2 aromatic carbocycles. The number of phenolic OH excluding ortho intramolecular Hbond substituents is 1. The summed E-state index contributed by atoms with van der Waals surface area (Å²) in [4.78, 5) is 9.28. The molecule has 0 amide bonds. The highest BCUT2D eigenvalue weighted by molar-refractivity contribution is 5.80. The first-order chi connectivity index (χ1) is 14.8. The van der Waals surface area contributed by atoms with Crippen molar-refractivity contribution in [3.8, 4) is 11.4 Å². The molecule has 0 bridgehead atoms. The van der Waals surface area contributed by atoms with Crippen molar-refractivity contribution in [2.45, 2.75) is 13.5 Å². The molecule has 4 rings (SSSR count). The Bertz CT molecular complexity index is 978. The van der Waals surface area contributed by atoms with Crippen LogP contribution in [0.15, 0.2) is 65.9 Å². The Hall–Kier alpha value is -3.55. The van der Waals surface area contributed by atoms with Crippen LogP contribution in [0.4, 0.5) is 5.69 Å². The standard InChI is InChI=1S/C22H27N7O/c1-2-23-22(24-16-21-26-25-17-29(21)18-8-4-3-5-9-18)28-14-12-27(13-15-28)19-10-6-7-11-20(19)30/h3-11,17,30H,2,12-16H2,1H3,(H,23,24). The molecule has 1 saturated heterocycles. The Labute approximate surface area is 176 Å². The summed E-state index contributed by atoms with van der Waals surface area (Å²) in [6.45, 7) is 6.60. The highest BCUT2D eigenvalue weighted by Crippen LogP contribution is 2.27. The van der Waals surface area contributed by atoms with Gasteiger partial charge in [-0.3, -0.25) is 4.57 Å². The van der Waals surface area contributed by atoms with E-state index in [2.05, 4.69) is 32.2 Å². The summed E-state index contributed by atoms with van der Waals surface area (Å²) in [5.41, 5.74) is 1.91. The summed E-state index contributed by atoms with van der Waals surface area (Å²) < 4.78 is 1.96. The number of para-hydroxylation sites is 3. The lowest BCUT2D eigenvalue weighted by Gasteiger charge is -2.37. The van der Waals surface area contributed by atoms with E-state index < -0.39 is 0 Å². The number of aromatic hydroxyl groups is 1. The molecule has 0 radical (unpaired) electrons. The number of hydrogen-bond acceptors (Lipinski definition) is 5. The van der Waals surface area contributed by atoms with E-state index in [1.54, 1.807) is 12.4 Å². The summed E-state index contributed by atoms with van der Waals surface area (Å²) in [7, 11) is 0. The number of piperazine rings is 1. The van der Waals surface area contributed by atoms with Crippen LogP contribution in [-0.2, 0) is 6.54 Å². The number of guanidine groups is 1. The molecule has 0 unspecified atom stereocenters. The van der Waals surface area contributed by atoms with Crippen LogP contribution in [-0.4, -0.2) is 63.5 Å². The Morgan fingerprint density at radius 3 is 2.50 bits per heavy atom. The van der Waals surface area contributed by atoms with Crippen molar-refractivity contribution >= 4 is 11.6 Å². The van der Waals surface area contributed by atoms with Crippen LogP contribution in [0.25, 0.3) is 5.69 Å². The molecular weight excluding hydrogens is 378 g/mol. The van der Waals surface area contributed by atoms with Gasteiger partial charge in [0.1, 0.15) is 18.6 Å². The topological polar surface area (TPSA) is 81.8 Å². The van der Waals surface area contributed by atoms with Crippen molar-refractivity contribution < 1.29 is 5.11 Å². The molecule has 2 heterocycles. The smallest absolute Gasteiger partial charge is 0.194 e. The number of hydrogen-bond donors (Lipinski definition) is 2. The molecule has 8 heteroatoms. The van der Waals surface area contributed by atoms with Crippen LogP contribution in [0.1, 0.15) is 12.7 Å². The van der Waals surface area contributed by atoms with E-state index in [1.165, 1.54) is 0 Å². The summed E-state index contributed by atoms with van der Waals surface area (Å²) in [6, 6.07) is 17.5. The molecule has 1 fully saturated rings. The van der Waals surface area contributed by atoms with Crippen LogP contribution in [0.2, 0.25) is 0 Å². The average Bonchev–Trinajstić information content (AvgIpc) is 3.26. The van der Waals surface area contributed by atoms with Crippen molar-refractivity contribution in [3.05, 3.63) is 66.7 Å². The monoisotopic (exact) mass is 405 g/mol. The van der Waals surface area contributed by atoms with Gasteiger partial charge in [0, 0.05) is 38.4 Å². The van der Waals surface area contributed by atoms with Crippen LogP contribution in [0.3, 0.4) is 0 Å². The molecule has 30 heavy (non-hydrogen) atoms. The van der Waals surface area contributed by atoms with Gasteiger partial charge in [-0.15, -0.1) is 10.2 Å². The summed E-state index contributed by atoms with van der Waals surface area (Å²) in [5.74, 6) is 1.99. The third-order valence-electron chi connectivity index (χ3n) is 5.16. The molecule has 8 nitrogen and oxygen atoms in total. The Balaban J connectivity index is 1.44. The predicted molar refractivity (Wildman–Crippen MR) is 118 cm³/mol. The second kappa shape index (κ2) is 9.30. The Morgan fingerprint density at radius 2 is 1.77 bits per heavy atom. The van der Waals surface area contributed by atoms with E-state index in [-0.39, 0.29) is 0 Å². The van der Waals surface area contributed by atoms with Crippen molar-refractivity contribution in [2.24, 2.45) is 4.99 Å². The third-order valence-corrected chi connectivity index (χ3v) is 5.16. The van der Waals surface area contributed by atoms with Crippen LogP contribution in [0.5, 0.6) is 5.75 Å². The fourth-order valence-electron chi connectivity index (χ4n) is 3.63. The predicted octanol–water partition coefficient (Wildman–Crippen LogP) is 2.26. The first kappa shape index (κ1) is 19.8. The van der Waals surface area contributed by atoms with E-state index in [1.807, 2.05) is 53.1 Å². The first-order valence-corrected chi connectivity index (χ1v) is 10.3. The molecule has 1 aromatic heterocycles. The zero-order chi connectivity index (χ0) is 20.8. The molecule has 1 aliphatic heterocycles. The van der Waals surface area contributed by atoms with Gasteiger partial charge in [-0.2, -0.15) is 0 Å². The maximum Gasteiger partial charge on any atom is 0.194 e. The van der Waals surface area contributed by atoms with Gasteiger partial charge >= 0.3 is 0 Å². The first-order valence-electron chi connectivity index (χ1n) is 10.3. The second-order valence-corrected chi connectivity index (χ2v) is 7.09. The van der Waals surface area contributed by atoms with E-state index in [9.17, 15) is 5.11 Å². The second-order valence-electron chi connectivity index (χ2n) is 7.09. The number of aliphatic imine (C=N–C) groups is 1. The number of nitrogens with zero attached hydrogens (tertiary/aromatic N) is 6. The molecule has 1 aliphatic rings. The van der Waals surface area contributed by atoms with Gasteiger partial charge in [-0.1, -0.05) is 30.3 Å². The number of anilines is 1. The number of nitrogens with one attached hydrogen (secondary N) is 1. The zero-order valence-corrected chi connectivity index (χ0v) is 17.1. The number of benzene rings is 2. The van der Waals surface area contributed by atoms with Crippen LogP contribution in [0, 0.1) is 0 Å². The highest BCUT2D eigenvalue weighted by Gasteiger charge is 2.21. The molecule has 0 aliphatic carbocycles. The van der Waals surface area contributed by atoms with Gasteiger partial charge in [0.15, 0.2) is 11.8 Å². The molecule has 0 spiro atoms. The van der Waals surface area contributed by atoms with Crippen LogP contribution < -0.4 is 10.2 Å². The van der Waals surface area contributed by atoms with Gasteiger partial charge in [0.25, 0.3) is 0 Å². The lowest BCUT2D eigenvalue weighted by molar-refractivity contribution is 0.369. The van der Waals surface area contributed by atoms with Gasteiger partial charge in [-0.25, -0.2) is 4.99 Å². The molecule has 3 aromatic rings. The zero-order valence-electron chi connectivity index (χ0n) is 17.1. The minimum atomic E-state index is 0.326. The molecule has 2 N–H and O–H groups in total. The third kappa shape index (κ3) is 4.37. The van der Waals surface area contributed by atoms with Crippen molar-refractivity contribution in [1.82, 2.24) is 25.0 Å². The van der Waals surface area contributed by atoms with Gasteiger partial charge in [0.05, 0.1) is 5.69 Å². The van der Waals surface area contributed by atoms with E-state index in [0.29, 0.717) is 12.3 Å². The minimum Gasteiger partial charge on any atom is -0.506 e. The SMILES string of the molecule is CCNC(=NCc1nncn1-c1ccccc1)N1CCN(c2ccccc2O)CC1. The number of phenols is 1. The largest absolute Gasteiger partial charge is 0.506 e. The Kier molecular flexibility index (Phi) is 6.12. The normalized spacial score (nSPS) is 14.8. The molecular formula is C22H27N7O. The lowest BCUT2D eigenvalue weighted by Crippen LogP contribution is -2.52. The van der Waals surface area contributed by atoms with Crippen molar-refractivity contribution in [1.29, 1.82) is 0 Å². The summed E-state index contributed by atoms with van der Waals surface area (Å²) >= 11 is 0. The summed E-state index contributed by atoms with van der Waals surface area (Å²) in [5, 5.41) is 21.8. The number of rotatable bonds is 5. The van der Waals surface area contributed by atoms with Gasteiger partial charge in [0.2, 0.25) is 0 Å². The van der Waals surface area contributed by atoms with E-state index in [4.69, 9.17) is 4.99 Å². The lowest BCUT2D eigenvalue weighted by atomic mass is 10.2.